The summed E-state index contributed by atoms with van der Waals surface area (Å²) in [5.74, 6) is -0.833. The Labute approximate surface area is 133 Å². The minimum absolute atomic E-state index is 0.00759. The maximum atomic E-state index is 11.5. The summed E-state index contributed by atoms with van der Waals surface area (Å²) in [6.45, 7) is 4.47. The molecule has 0 spiro atoms. The summed E-state index contributed by atoms with van der Waals surface area (Å²) in [7, 11) is 0. The van der Waals surface area contributed by atoms with Crippen LogP contribution < -0.4 is 0 Å². The third kappa shape index (κ3) is 10.6. The van der Waals surface area contributed by atoms with Gasteiger partial charge in [0.05, 0.1) is 19.6 Å². The number of carbonyl (C=O) groups is 2. The number of hydrogen-bond acceptors (Lipinski definition) is 7. The highest BCUT2D eigenvalue weighted by Gasteiger charge is 2.25. The lowest BCUT2D eigenvalue weighted by molar-refractivity contribution is -0.153. The van der Waals surface area contributed by atoms with Crippen LogP contribution in [0.4, 0.5) is 0 Å². The first-order valence-corrected chi connectivity index (χ1v) is 7.56. The number of nitrogens with zero attached hydrogens (tertiary/aromatic N) is 1. The highest BCUT2D eigenvalue weighted by molar-refractivity contribution is 9.10. The van der Waals surface area contributed by atoms with E-state index < -0.39 is 16.3 Å². The van der Waals surface area contributed by atoms with Crippen molar-refractivity contribution in [1.29, 1.82) is 0 Å². The molecule has 0 fully saturated rings. The van der Waals surface area contributed by atoms with Crippen molar-refractivity contribution < 1.29 is 29.3 Å². The molecule has 0 amide bonds. The number of rotatable bonds is 11. The van der Waals surface area contributed by atoms with Crippen molar-refractivity contribution in [3.63, 3.8) is 0 Å². The highest BCUT2D eigenvalue weighted by Crippen LogP contribution is 2.17. The number of esters is 2. The van der Waals surface area contributed by atoms with E-state index in [2.05, 4.69) is 15.9 Å². The third-order valence-electron chi connectivity index (χ3n) is 2.53. The van der Waals surface area contributed by atoms with Crippen LogP contribution >= 0.6 is 15.9 Å². The summed E-state index contributed by atoms with van der Waals surface area (Å²) in [6.07, 6.45) is 0.151. The molecule has 2 N–H and O–H groups in total. The Balaban J connectivity index is 3.78. The van der Waals surface area contributed by atoms with Crippen molar-refractivity contribution in [2.75, 3.05) is 46.1 Å². The van der Waals surface area contributed by atoms with Gasteiger partial charge in [0, 0.05) is 19.6 Å². The molecule has 0 rings (SSSR count). The van der Waals surface area contributed by atoms with Crippen LogP contribution in [0.15, 0.2) is 0 Å². The van der Waals surface area contributed by atoms with Gasteiger partial charge in [0.25, 0.3) is 0 Å². The van der Waals surface area contributed by atoms with Crippen molar-refractivity contribution in [2.24, 2.45) is 0 Å². The second kappa shape index (κ2) is 10.9. The molecule has 0 unspecified atom stereocenters. The first-order valence-electron chi connectivity index (χ1n) is 6.77. The predicted octanol–water partition coefficient (Wildman–Crippen LogP) is -0.0770. The van der Waals surface area contributed by atoms with Gasteiger partial charge < -0.3 is 19.7 Å². The van der Waals surface area contributed by atoms with Crippen molar-refractivity contribution in [3.05, 3.63) is 0 Å². The number of carbonyl (C=O) groups excluding carboxylic acids is 2. The summed E-state index contributed by atoms with van der Waals surface area (Å²) < 4.78 is 9.09. The molecular weight excluding hydrogens is 346 g/mol. The van der Waals surface area contributed by atoms with Crippen LogP contribution in [0, 0.1) is 0 Å². The standard InChI is InChI=1S/C13H24BrNO6/c1-13(2,14)12(19)21-10-9-20-11(18)3-4-15(5-7-16)6-8-17/h16-17H,3-10H2,1-2H3. The number of halogens is 1. The Morgan fingerprint density at radius 1 is 1.05 bits per heavy atom. The predicted molar refractivity (Wildman–Crippen MR) is 80.2 cm³/mol. The molecule has 0 atom stereocenters. The zero-order valence-corrected chi connectivity index (χ0v) is 14.1. The molecule has 21 heavy (non-hydrogen) atoms. The third-order valence-corrected chi connectivity index (χ3v) is 2.85. The Bertz CT molecular complexity index is 312. The van der Waals surface area contributed by atoms with Crippen LogP contribution in [-0.4, -0.2) is 77.4 Å². The summed E-state index contributed by atoms with van der Waals surface area (Å²) in [6, 6.07) is 0. The summed E-state index contributed by atoms with van der Waals surface area (Å²) in [5, 5.41) is 17.7. The van der Waals surface area contributed by atoms with Gasteiger partial charge >= 0.3 is 11.9 Å². The highest BCUT2D eigenvalue weighted by atomic mass is 79.9. The fourth-order valence-corrected chi connectivity index (χ4v) is 1.52. The molecule has 7 nitrogen and oxygen atoms in total. The first kappa shape index (κ1) is 20.3. The maximum Gasteiger partial charge on any atom is 0.322 e. The minimum Gasteiger partial charge on any atom is -0.462 e. The zero-order chi connectivity index (χ0) is 16.3. The summed E-state index contributed by atoms with van der Waals surface area (Å²) in [4.78, 5) is 24.6. The van der Waals surface area contributed by atoms with E-state index in [9.17, 15) is 9.59 Å². The lowest BCUT2D eigenvalue weighted by atomic mass is 10.2. The fourth-order valence-electron chi connectivity index (χ4n) is 1.40. The van der Waals surface area contributed by atoms with Crippen molar-refractivity contribution >= 4 is 27.9 Å². The molecule has 0 heterocycles. The Hall–Kier alpha value is -0.700. The van der Waals surface area contributed by atoms with E-state index in [-0.39, 0.29) is 32.8 Å². The summed E-state index contributed by atoms with van der Waals surface area (Å²) in [5.41, 5.74) is 0. The van der Waals surface area contributed by atoms with Gasteiger partial charge in [-0.2, -0.15) is 0 Å². The van der Waals surface area contributed by atoms with Crippen LogP contribution in [0.25, 0.3) is 0 Å². The molecule has 0 aromatic rings. The Morgan fingerprint density at radius 2 is 1.57 bits per heavy atom. The summed E-state index contributed by atoms with van der Waals surface area (Å²) >= 11 is 3.17. The molecule has 0 aliphatic rings. The molecule has 0 saturated carbocycles. The number of ether oxygens (including phenoxy) is 2. The van der Waals surface area contributed by atoms with Crippen molar-refractivity contribution in [2.45, 2.75) is 24.6 Å². The van der Waals surface area contributed by atoms with Gasteiger partial charge in [-0.25, -0.2) is 0 Å². The quantitative estimate of drug-likeness (QED) is 0.298. The Morgan fingerprint density at radius 3 is 2.05 bits per heavy atom. The van der Waals surface area contributed by atoms with E-state index in [1.165, 1.54) is 0 Å². The molecule has 0 saturated heterocycles. The van der Waals surface area contributed by atoms with Crippen molar-refractivity contribution in [3.8, 4) is 0 Å². The van der Waals surface area contributed by atoms with Gasteiger partial charge in [-0.15, -0.1) is 0 Å². The normalized spacial score (nSPS) is 11.5. The molecule has 0 aliphatic heterocycles. The first-order chi connectivity index (χ1) is 9.81. The van der Waals surface area contributed by atoms with E-state index in [4.69, 9.17) is 19.7 Å². The van der Waals surface area contributed by atoms with Gasteiger partial charge in [0.2, 0.25) is 0 Å². The number of hydrogen-bond donors (Lipinski definition) is 2. The largest absolute Gasteiger partial charge is 0.462 e. The second-order valence-electron chi connectivity index (χ2n) is 4.87. The van der Waals surface area contributed by atoms with Crippen LogP contribution in [0.3, 0.4) is 0 Å². The monoisotopic (exact) mass is 369 g/mol. The van der Waals surface area contributed by atoms with E-state index >= 15 is 0 Å². The molecule has 0 aliphatic carbocycles. The topological polar surface area (TPSA) is 96.3 Å². The smallest absolute Gasteiger partial charge is 0.322 e. The molecule has 0 bridgehead atoms. The number of aliphatic hydroxyl groups excluding tert-OH is 2. The maximum absolute atomic E-state index is 11.5. The minimum atomic E-state index is -0.758. The lowest BCUT2D eigenvalue weighted by Gasteiger charge is -2.19. The van der Waals surface area contributed by atoms with Crippen LogP contribution in [0.5, 0.6) is 0 Å². The van der Waals surface area contributed by atoms with Crippen molar-refractivity contribution in [1.82, 2.24) is 4.90 Å². The van der Waals surface area contributed by atoms with E-state index in [1.807, 2.05) is 0 Å². The van der Waals surface area contributed by atoms with E-state index in [0.29, 0.717) is 19.6 Å². The van der Waals surface area contributed by atoms with Gasteiger partial charge in [-0.1, -0.05) is 15.9 Å². The second-order valence-corrected chi connectivity index (χ2v) is 6.85. The van der Waals surface area contributed by atoms with E-state index in [1.54, 1.807) is 18.7 Å². The zero-order valence-electron chi connectivity index (χ0n) is 12.5. The number of aliphatic hydroxyl groups is 2. The number of alkyl halides is 1. The van der Waals surface area contributed by atoms with Gasteiger partial charge in [0.15, 0.2) is 0 Å². The fraction of sp³-hybridized carbons (Fsp3) is 0.846. The van der Waals surface area contributed by atoms with Gasteiger partial charge in [-0.3, -0.25) is 14.5 Å². The average Bonchev–Trinajstić information content (AvgIpc) is 2.40. The molecule has 0 radical (unpaired) electrons. The average molecular weight is 370 g/mol. The van der Waals surface area contributed by atoms with E-state index in [0.717, 1.165) is 0 Å². The van der Waals surface area contributed by atoms with Crippen LogP contribution in [-0.2, 0) is 19.1 Å². The molecule has 0 aromatic heterocycles. The Kier molecular flexibility index (Phi) is 10.6. The SMILES string of the molecule is CC(C)(Br)C(=O)OCCOC(=O)CCN(CCO)CCO. The molecule has 8 heteroatoms. The molecule has 0 aromatic carbocycles. The van der Waals surface area contributed by atoms with Gasteiger partial charge in [0.1, 0.15) is 17.5 Å². The van der Waals surface area contributed by atoms with Crippen LogP contribution in [0.1, 0.15) is 20.3 Å². The molecular formula is C13H24BrNO6. The molecule has 124 valence electrons. The van der Waals surface area contributed by atoms with Crippen LogP contribution in [0.2, 0.25) is 0 Å². The lowest BCUT2D eigenvalue weighted by Crippen LogP contribution is -2.32. The van der Waals surface area contributed by atoms with Gasteiger partial charge in [-0.05, 0) is 13.8 Å².